The molecular formula is C18H28BrN3O4S. The lowest BCUT2D eigenvalue weighted by molar-refractivity contribution is -0.140. The van der Waals surface area contributed by atoms with E-state index in [0.29, 0.717) is 6.42 Å². The molecule has 3 aliphatic rings. The number of hydrogen-bond acceptors (Lipinski definition) is 5. The molecule has 1 spiro atoms. The highest BCUT2D eigenvalue weighted by molar-refractivity contribution is 9.09. The maximum Gasteiger partial charge on any atom is 0.244 e. The number of hydrogen-bond donors (Lipinski definition) is 3. The van der Waals surface area contributed by atoms with E-state index in [1.807, 2.05) is 6.92 Å². The highest BCUT2D eigenvalue weighted by Crippen LogP contribution is 2.67. The van der Waals surface area contributed by atoms with Gasteiger partial charge in [0.2, 0.25) is 17.7 Å². The summed E-state index contributed by atoms with van der Waals surface area (Å²) in [6.07, 6.45) is 2.48. The van der Waals surface area contributed by atoms with E-state index in [9.17, 15) is 19.5 Å². The molecule has 2 bridgehead atoms. The molecule has 0 aliphatic carbocycles. The quantitative estimate of drug-likeness (QED) is 0.479. The molecule has 3 saturated heterocycles. The first-order chi connectivity index (χ1) is 12.8. The number of nitrogens with zero attached hydrogens (tertiary/aromatic N) is 1. The van der Waals surface area contributed by atoms with Gasteiger partial charge in [0.1, 0.15) is 6.04 Å². The second-order valence-electron chi connectivity index (χ2n) is 7.73. The first-order valence-electron chi connectivity index (χ1n) is 9.57. The molecule has 3 rings (SSSR count). The minimum absolute atomic E-state index is 0.0159. The van der Waals surface area contributed by atoms with E-state index in [1.165, 1.54) is 4.90 Å². The fourth-order valence-corrected chi connectivity index (χ4v) is 8.69. The van der Waals surface area contributed by atoms with Crippen molar-refractivity contribution >= 4 is 45.4 Å². The van der Waals surface area contributed by atoms with Crippen molar-refractivity contribution in [3.63, 3.8) is 0 Å². The summed E-state index contributed by atoms with van der Waals surface area (Å²) in [7, 11) is 1.58. The van der Waals surface area contributed by atoms with Crippen molar-refractivity contribution < 1.29 is 19.5 Å². The summed E-state index contributed by atoms with van der Waals surface area (Å²) in [5, 5.41) is 15.2. The van der Waals surface area contributed by atoms with Gasteiger partial charge in [-0.05, 0) is 19.8 Å². The number of nitrogens with one attached hydrogen (secondary N) is 2. The molecule has 0 aromatic carbocycles. The lowest BCUT2D eigenvalue weighted by Gasteiger charge is -2.35. The van der Waals surface area contributed by atoms with Gasteiger partial charge in [0.25, 0.3) is 0 Å². The molecule has 7 atom stereocenters. The predicted octanol–water partition coefficient (Wildman–Crippen LogP) is 0.494. The van der Waals surface area contributed by atoms with Crippen LogP contribution in [0, 0.1) is 11.8 Å². The van der Waals surface area contributed by atoms with E-state index < -0.39 is 22.6 Å². The van der Waals surface area contributed by atoms with Crippen LogP contribution in [0.4, 0.5) is 0 Å². The van der Waals surface area contributed by atoms with Crippen LogP contribution < -0.4 is 10.6 Å². The molecule has 3 aliphatic heterocycles. The molecule has 3 heterocycles. The fraction of sp³-hybridized carbons (Fsp3) is 0.833. The molecule has 0 aromatic rings. The lowest BCUT2D eigenvalue weighted by atomic mass is 9.70. The van der Waals surface area contributed by atoms with Gasteiger partial charge in [-0.3, -0.25) is 14.4 Å². The van der Waals surface area contributed by atoms with Crippen molar-refractivity contribution in [2.24, 2.45) is 11.8 Å². The normalized spacial score (nSPS) is 38.0. The van der Waals surface area contributed by atoms with Gasteiger partial charge in [0.15, 0.2) is 0 Å². The molecular weight excluding hydrogens is 434 g/mol. The number of alkyl halides is 1. The zero-order chi connectivity index (χ0) is 19.9. The number of fused-ring (bicyclic) bond motifs is 1. The summed E-state index contributed by atoms with van der Waals surface area (Å²) < 4.78 is -0.627. The Morgan fingerprint density at radius 2 is 2.15 bits per heavy atom. The van der Waals surface area contributed by atoms with E-state index >= 15 is 0 Å². The van der Waals surface area contributed by atoms with E-state index in [1.54, 1.807) is 18.8 Å². The van der Waals surface area contributed by atoms with Crippen molar-refractivity contribution in [1.29, 1.82) is 0 Å². The number of thioether (sulfide) groups is 1. The lowest BCUT2D eigenvalue weighted by Crippen LogP contribution is -2.56. The van der Waals surface area contributed by atoms with Crippen molar-refractivity contribution in [3.8, 4) is 0 Å². The Balaban J connectivity index is 1.97. The van der Waals surface area contributed by atoms with E-state index in [2.05, 4.69) is 33.5 Å². The van der Waals surface area contributed by atoms with Crippen molar-refractivity contribution in [1.82, 2.24) is 15.5 Å². The number of aliphatic hydroxyl groups is 1. The van der Waals surface area contributed by atoms with Crippen LogP contribution in [-0.2, 0) is 14.4 Å². The Bertz CT molecular complexity index is 636. The zero-order valence-corrected chi connectivity index (χ0v) is 18.3. The minimum Gasteiger partial charge on any atom is -0.395 e. The summed E-state index contributed by atoms with van der Waals surface area (Å²) >= 11 is 5.29. The van der Waals surface area contributed by atoms with E-state index in [0.717, 1.165) is 12.8 Å². The van der Waals surface area contributed by atoms with Gasteiger partial charge in [0, 0.05) is 29.7 Å². The topological polar surface area (TPSA) is 98.7 Å². The largest absolute Gasteiger partial charge is 0.395 e. The first kappa shape index (κ1) is 20.9. The third kappa shape index (κ3) is 3.19. The van der Waals surface area contributed by atoms with E-state index in [-0.39, 0.29) is 47.0 Å². The number of amides is 3. The van der Waals surface area contributed by atoms with Gasteiger partial charge in [-0.15, -0.1) is 11.8 Å². The number of β-amino-alcohol motifs (C(OH)–C–C–N with tert-alkyl or cyclic N) is 1. The monoisotopic (exact) mass is 461 g/mol. The zero-order valence-electron chi connectivity index (χ0n) is 15.9. The molecule has 7 nitrogen and oxygen atoms in total. The molecule has 3 fully saturated rings. The van der Waals surface area contributed by atoms with Crippen LogP contribution >= 0.6 is 27.7 Å². The van der Waals surface area contributed by atoms with Crippen LogP contribution in [0.15, 0.2) is 0 Å². The Morgan fingerprint density at radius 1 is 1.44 bits per heavy atom. The number of rotatable bonds is 7. The minimum atomic E-state index is -0.661. The average molecular weight is 462 g/mol. The second kappa shape index (κ2) is 7.91. The third-order valence-corrected chi connectivity index (χ3v) is 9.26. The molecule has 9 heteroatoms. The molecule has 0 aromatic heterocycles. The SMILES string of the molecule is CCCC(C)NC(=O)C1N(CCO)C(=O)[C@@H]2[C@H](C(=O)NC)[C@H]3SC12CC3Br. The standard InChI is InChI=1S/C18H28BrN3O4S/c1-4-5-9(2)21-16(25)14-18-8-10(19)13(27-18)11(15(24)20-3)12(18)17(26)22(14)6-7-23/h9-14,23H,4-8H2,1-3H3,(H,20,24)(H,21,25)/t9?,10?,11-,12-,13-,14?,18?/m0/s1. The highest BCUT2D eigenvalue weighted by Gasteiger charge is 2.75. The summed E-state index contributed by atoms with van der Waals surface area (Å²) in [6.45, 7) is 3.92. The predicted molar refractivity (Wildman–Crippen MR) is 108 cm³/mol. The highest BCUT2D eigenvalue weighted by atomic mass is 79.9. The van der Waals surface area contributed by atoms with Crippen molar-refractivity contribution in [2.45, 2.75) is 60.0 Å². The number of halogens is 1. The van der Waals surface area contributed by atoms with Crippen LogP contribution in [0.5, 0.6) is 0 Å². The summed E-state index contributed by atoms with van der Waals surface area (Å²) in [4.78, 5) is 40.6. The summed E-state index contributed by atoms with van der Waals surface area (Å²) in [6, 6.07) is -0.645. The van der Waals surface area contributed by atoms with Crippen LogP contribution in [0.3, 0.4) is 0 Å². The number of carbonyl (C=O) groups excluding carboxylic acids is 3. The summed E-state index contributed by atoms with van der Waals surface area (Å²) in [5.41, 5.74) is 0. The molecule has 152 valence electrons. The van der Waals surface area contributed by atoms with Crippen LogP contribution in [0.1, 0.15) is 33.1 Å². The number of carbonyl (C=O) groups is 3. The Hall–Kier alpha value is -0.800. The molecule has 27 heavy (non-hydrogen) atoms. The first-order valence-corrected chi connectivity index (χ1v) is 11.4. The molecule has 0 saturated carbocycles. The smallest absolute Gasteiger partial charge is 0.244 e. The van der Waals surface area contributed by atoms with Gasteiger partial charge in [0.05, 0.1) is 23.2 Å². The van der Waals surface area contributed by atoms with Crippen LogP contribution in [-0.4, -0.2) is 74.8 Å². The number of aliphatic hydroxyl groups excluding tert-OH is 1. The van der Waals surface area contributed by atoms with Gasteiger partial charge in [-0.1, -0.05) is 29.3 Å². The molecule has 3 amide bonds. The van der Waals surface area contributed by atoms with Crippen molar-refractivity contribution in [3.05, 3.63) is 0 Å². The van der Waals surface area contributed by atoms with Gasteiger partial charge >= 0.3 is 0 Å². The van der Waals surface area contributed by atoms with Crippen molar-refractivity contribution in [2.75, 3.05) is 20.2 Å². The van der Waals surface area contributed by atoms with Gasteiger partial charge in [-0.25, -0.2) is 0 Å². The molecule has 0 radical (unpaired) electrons. The molecule has 3 N–H and O–H groups in total. The Morgan fingerprint density at radius 3 is 2.74 bits per heavy atom. The number of likely N-dealkylation sites (tertiary alicyclic amines) is 1. The van der Waals surface area contributed by atoms with Gasteiger partial charge < -0.3 is 20.6 Å². The Kier molecular flexibility index (Phi) is 6.13. The average Bonchev–Trinajstić information content (AvgIpc) is 3.19. The maximum absolute atomic E-state index is 13.3. The fourth-order valence-electron chi connectivity index (χ4n) is 5.07. The van der Waals surface area contributed by atoms with E-state index in [4.69, 9.17) is 0 Å². The second-order valence-corrected chi connectivity index (χ2v) is 10.4. The molecule has 4 unspecified atom stereocenters. The third-order valence-electron chi connectivity index (χ3n) is 6.04. The Labute approximate surface area is 172 Å². The van der Waals surface area contributed by atoms with Crippen LogP contribution in [0.25, 0.3) is 0 Å². The van der Waals surface area contributed by atoms with Crippen LogP contribution in [0.2, 0.25) is 0 Å². The summed E-state index contributed by atoms with van der Waals surface area (Å²) in [5.74, 6) is -1.50. The maximum atomic E-state index is 13.3. The van der Waals surface area contributed by atoms with Gasteiger partial charge in [-0.2, -0.15) is 0 Å².